The Bertz CT molecular complexity index is 1750. The molecule has 37 heavy (non-hydrogen) atoms. The van der Waals surface area contributed by atoms with E-state index in [0.29, 0.717) is 58.1 Å². The minimum atomic E-state index is -0.350. The van der Waals surface area contributed by atoms with Crippen molar-refractivity contribution in [2.24, 2.45) is 12.8 Å². The van der Waals surface area contributed by atoms with Crippen LogP contribution in [0.15, 0.2) is 53.5 Å². The van der Waals surface area contributed by atoms with E-state index in [4.69, 9.17) is 21.8 Å². The monoisotopic (exact) mass is 494 g/mol. The predicted octanol–water partition coefficient (Wildman–Crippen LogP) is 4.95. The van der Waals surface area contributed by atoms with Crippen LogP contribution in [0.2, 0.25) is 0 Å². The fraction of sp³-hybridized carbons (Fsp3) is 0.214. The van der Waals surface area contributed by atoms with Crippen molar-refractivity contribution in [3.63, 3.8) is 0 Å². The number of hydrogen-bond donors (Lipinski definition) is 2. The molecule has 9 heteroatoms. The van der Waals surface area contributed by atoms with Crippen molar-refractivity contribution in [1.82, 2.24) is 20.0 Å². The number of nitrogens with one attached hydrogen (secondary N) is 1. The Kier molecular flexibility index (Phi) is 6.34. The third-order valence-corrected chi connectivity index (χ3v) is 6.31. The molecule has 2 aromatic heterocycles. The van der Waals surface area contributed by atoms with Crippen LogP contribution in [-0.2, 0) is 13.6 Å². The number of aromatic amines is 1. The van der Waals surface area contributed by atoms with Crippen molar-refractivity contribution in [2.45, 2.75) is 20.4 Å². The van der Waals surface area contributed by atoms with Crippen molar-refractivity contribution in [3.05, 3.63) is 76.1 Å². The van der Waals surface area contributed by atoms with Crippen LogP contribution in [0.3, 0.4) is 0 Å². The SMILES string of the molecule is [C-]#[N+]c1c(-c2c(-c3cc(OCC)c4c(=O)[nH]nc(CN)c4c3)cnn2C)c(OCC)cc2ccccc12. The lowest BCUT2D eigenvalue weighted by Gasteiger charge is -2.17. The highest BCUT2D eigenvalue weighted by Crippen LogP contribution is 2.47. The van der Waals surface area contributed by atoms with Crippen LogP contribution in [0.25, 0.3) is 48.8 Å². The number of nitrogens with zero attached hydrogens (tertiary/aromatic N) is 4. The molecule has 0 amide bonds. The average molecular weight is 495 g/mol. The molecule has 9 nitrogen and oxygen atoms in total. The molecule has 0 saturated heterocycles. The highest BCUT2D eigenvalue weighted by molar-refractivity contribution is 6.07. The van der Waals surface area contributed by atoms with E-state index in [2.05, 4.69) is 20.1 Å². The van der Waals surface area contributed by atoms with Gasteiger partial charge in [-0.15, -0.1) is 0 Å². The quantitative estimate of drug-likeness (QED) is 0.310. The second-order valence-corrected chi connectivity index (χ2v) is 8.43. The summed E-state index contributed by atoms with van der Waals surface area (Å²) in [5.74, 6) is 1.03. The Morgan fingerprint density at radius 2 is 1.84 bits per heavy atom. The molecule has 2 heterocycles. The van der Waals surface area contributed by atoms with Gasteiger partial charge in [-0.3, -0.25) is 9.48 Å². The maximum Gasteiger partial charge on any atom is 0.275 e. The normalized spacial score (nSPS) is 11.1. The first-order chi connectivity index (χ1) is 18.0. The van der Waals surface area contributed by atoms with Gasteiger partial charge in [0, 0.05) is 30.1 Å². The highest BCUT2D eigenvalue weighted by atomic mass is 16.5. The zero-order valence-corrected chi connectivity index (χ0v) is 20.8. The Balaban J connectivity index is 1.87. The lowest BCUT2D eigenvalue weighted by Crippen LogP contribution is -2.14. The van der Waals surface area contributed by atoms with Gasteiger partial charge in [0.1, 0.15) is 11.5 Å². The zero-order chi connectivity index (χ0) is 26.1. The average Bonchev–Trinajstić information content (AvgIpc) is 3.29. The van der Waals surface area contributed by atoms with Gasteiger partial charge in [0.25, 0.3) is 5.56 Å². The maximum absolute atomic E-state index is 12.7. The number of benzene rings is 3. The van der Waals surface area contributed by atoms with Crippen LogP contribution < -0.4 is 20.8 Å². The topological polar surface area (TPSA) is 112 Å². The third-order valence-electron chi connectivity index (χ3n) is 6.31. The van der Waals surface area contributed by atoms with Crippen LogP contribution in [0.1, 0.15) is 19.5 Å². The minimum Gasteiger partial charge on any atom is -0.494 e. The molecule has 186 valence electrons. The third kappa shape index (κ3) is 3.97. The van der Waals surface area contributed by atoms with Crippen LogP contribution in [0.5, 0.6) is 11.5 Å². The first kappa shape index (κ1) is 24.0. The van der Waals surface area contributed by atoms with Crippen molar-refractivity contribution in [3.8, 4) is 33.9 Å². The van der Waals surface area contributed by atoms with Gasteiger partial charge in [-0.1, -0.05) is 24.3 Å². The number of ether oxygens (including phenoxy) is 2. The summed E-state index contributed by atoms with van der Waals surface area (Å²) in [5, 5.41) is 14.0. The molecule has 0 unspecified atom stereocenters. The Labute approximate surface area is 213 Å². The van der Waals surface area contributed by atoms with E-state index in [1.165, 1.54) is 0 Å². The van der Waals surface area contributed by atoms with E-state index >= 15 is 0 Å². The summed E-state index contributed by atoms with van der Waals surface area (Å²) in [6.45, 7) is 12.8. The van der Waals surface area contributed by atoms with E-state index in [-0.39, 0.29) is 12.1 Å². The molecular weight excluding hydrogens is 468 g/mol. The summed E-state index contributed by atoms with van der Waals surface area (Å²) in [7, 11) is 1.83. The Morgan fingerprint density at radius 3 is 2.57 bits per heavy atom. The molecule has 0 fully saturated rings. The lowest BCUT2D eigenvalue weighted by atomic mass is 9.94. The predicted molar refractivity (Wildman–Crippen MR) is 144 cm³/mol. The number of rotatable bonds is 7. The fourth-order valence-corrected chi connectivity index (χ4v) is 4.75. The molecule has 0 radical (unpaired) electrons. The number of fused-ring (bicyclic) bond motifs is 2. The number of nitrogens with two attached hydrogens (primary N) is 1. The smallest absolute Gasteiger partial charge is 0.275 e. The van der Waals surface area contributed by atoms with Crippen LogP contribution in [-0.4, -0.2) is 33.2 Å². The minimum absolute atomic E-state index is 0.142. The van der Waals surface area contributed by atoms with Crippen molar-refractivity contribution in [2.75, 3.05) is 13.2 Å². The van der Waals surface area contributed by atoms with Gasteiger partial charge in [-0.2, -0.15) is 10.2 Å². The van der Waals surface area contributed by atoms with Gasteiger partial charge in [0.05, 0.1) is 42.8 Å². The standard InChI is InChI=1S/C28H26N6O3/c1-5-36-22-13-17(11-19-21(14-29)32-33-28(35)24(19)22)20-15-31-34(4)27(20)25-23(37-6-2)12-16-9-7-8-10-18(16)26(25)30-3/h7-13,15H,5-6,14,29H2,1-2,4H3,(H,33,35). The number of hydrogen-bond acceptors (Lipinski definition) is 6. The van der Waals surface area contributed by atoms with E-state index in [0.717, 1.165) is 21.9 Å². The lowest BCUT2D eigenvalue weighted by molar-refractivity contribution is 0.342. The van der Waals surface area contributed by atoms with E-state index in [1.807, 2.05) is 63.4 Å². The largest absolute Gasteiger partial charge is 0.494 e. The second-order valence-electron chi connectivity index (χ2n) is 8.43. The van der Waals surface area contributed by atoms with Gasteiger partial charge in [-0.25, -0.2) is 9.94 Å². The molecule has 0 aliphatic heterocycles. The van der Waals surface area contributed by atoms with Crippen LogP contribution in [0.4, 0.5) is 5.69 Å². The van der Waals surface area contributed by atoms with Crippen molar-refractivity contribution >= 4 is 27.2 Å². The molecule has 0 saturated carbocycles. The molecule has 5 aromatic rings. The Morgan fingerprint density at radius 1 is 1.08 bits per heavy atom. The molecule has 3 aromatic carbocycles. The second kappa shape index (κ2) is 9.76. The maximum atomic E-state index is 12.7. The molecule has 0 aliphatic rings. The van der Waals surface area contributed by atoms with E-state index < -0.39 is 0 Å². The Hall–Kier alpha value is -4.68. The molecule has 0 bridgehead atoms. The number of aromatic nitrogens is 4. The number of H-pyrrole nitrogens is 1. The number of aryl methyl sites for hydroxylation is 1. The summed E-state index contributed by atoms with van der Waals surface area (Å²) < 4.78 is 13.7. The van der Waals surface area contributed by atoms with Crippen LogP contribution >= 0.6 is 0 Å². The highest BCUT2D eigenvalue weighted by Gasteiger charge is 2.24. The van der Waals surface area contributed by atoms with Crippen molar-refractivity contribution in [1.29, 1.82) is 0 Å². The zero-order valence-electron chi connectivity index (χ0n) is 20.8. The van der Waals surface area contributed by atoms with Gasteiger partial charge in [0.15, 0.2) is 0 Å². The molecule has 0 atom stereocenters. The van der Waals surface area contributed by atoms with E-state index in [9.17, 15) is 4.79 Å². The summed E-state index contributed by atoms with van der Waals surface area (Å²) in [5.41, 5.74) is 9.53. The van der Waals surface area contributed by atoms with Gasteiger partial charge in [-0.05, 0) is 48.4 Å². The van der Waals surface area contributed by atoms with E-state index in [1.54, 1.807) is 10.9 Å². The molecule has 0 aliphatic carbocycles. The van der Waals surface area contributed by atoms with Gasteiger partial charge < -0.3 is 15.2 Å². The first-order valence-electron chi connectivity index (χ1n) is 12.0. The molecule has 5 rings (SSSR count). The molecule has 0 spiro atoms. The van der Waals surface area contributed by atoms with Crippen LogP contribution in [0, 0.1) is 6.57 Å². The fourth-order valence-electron chi connectivity index (χ4n) is 4.75. The van der Waals surface area contributed by atoms with Gasteiger partial charge in [0.2, 0.25) is 5.69 Å². The first-order valence-corrected chi connectivity index (χ1v) is 12.0. The summed E-state index contributed by atoms with van der Waals surface area (Å²) in [6.07, 6.45) is 1.74. The molecule has 3 N–H and O–H groups in total. The summed E-state index contributed by atoms with van der Waals surface area (Å²) in [6, 6.07) is 13.4. The molecular formula is C28H26N6O3. The van der Waals surface area contributed by atoms with Gasteiger partial charge >= 0.3 is 0 Å². The summed E-state index contributed by atoms with van der Waals surface area (Å²) >= 11 is 0. The summed E-state index contributed by atoms with van der Waals surface area (Å²) in [4.78, 5) is 16.6. The van der Waals surface area contributed by atoms with Crippen molar-refractivity contribution < 1.29 is 9.47 Å².